The van der Waals surface area contributed by atoms with E-state index >= 15 is 0 Å². The van der Waals surface area contributed by atoms with E-state index in [2.05, 4.69) is 22.6 Å². The quantitative estimate of drug-likeness (QED) is 0.122. The number of carbonyl (C=O) groups excluding carboxylic acids is 1. The molecular weight excluding hydrogens is 735 g/mol. The zero-order chi connectivity index (χ0) is 32.2. The molecule has 0 aliphatic carbocycles. The van der Waals surface area contributed by atoms with Crippen LogP contribution >= 0.6 is 45.5 Å². The van der Waals surface area contributed by atoms with Gasteiger partial charge in [0.1, 0.15) is 6.61 Å². The van der Waals surface area contributed by atoms with Gasteiger partial charge in [-0.15, -0.1) is 0 Å². The second-order valence-electron chi connectivity index (χ2n) is 10.3. The van der Waals surface area contributed by atoms with E-state index < -0.39 is 12.0 Å². The van der Waals surface area contributed by atoms with Gasteiger partial charge in [-0.05, 0) is 76.5 Å². The second kappa shape index (κ2) is 14.1. The van der Waals surface area contributed by atoms with Crippen LogP contribution in [0.5, 0.6) is 11.5 Å². The molecular formula is C36H28ClIN2O5S. The maximum Gasteiger partial charge on any atom is 0.338 e. The third-order valence-electron chi connectivity index (χ3n) is 7.31. The highest BCUT2D eigenvalue weighted by Gasteiger charge is 2.35. The lowest BCUT2D eigenvalue weighted by atomic mass is 9.93. The third kappa shape index (κ3) is 6.53. The largest absolute Gasteiger partial charge is 0.493 e. The second-order valence-corrected chi connectivity index (χ2v) is 12.9. The molecule has 232 valence electrons. The number of aromatic nitrogens is 1. The van der Waals surface area contributed by atoms with E-state index in [0.29, 0.717) is 43.7 Å². The minimum atomic E-state index is -0.731. The molecule has 0 N–H and O–H groups in total. The molecule has 1 aliphatic heterocycles. The Balaban J connectivity index is 1.48. The van der Waals surface area contributed by atoms with Crippen molar-refractivity contribution in [2.45, 2.75) is 19.6 Å². The van der Waals surface area contributed by atoms with Gasteiger partial charge in [-0.2, -0.15) is 0 Å². The molecule has 1 aromatic heterocycles. The number of rotatable bonds is 9. The van der Waals surface area contributed by atoms with Gasteiger partial charge in [-0.1, -0.05) is 95.7 Å². The van der Waals surface area contributed by atoms with Crippen molar-refractivity contribution in [2.75, 3.05) is 13.7 Å². The molecule has 0 saturated heterocycles. The molecule has 0 unspecified atom stereocenters. The Labute approximate surface area is 288 Å². The zero-order valence-electron chi connectivity index (χ0n) is 24.9. The number of hydrogen-bond acceptors (Lipinski definition) is 7. The molecule has 0 amide bonds. The summed E-state index contributed by atoms with van der Waals surface area (Å²) in [7, 11) is 1.58. The Kier molecular flexibility index (Phi) is 9.72. The van der Waals surface area contributed by atoms with Crippen molar-refractivity contribution in [3.63, 3.8) is 0 Å². The Hall–Kier alpha value is -4.19. The van der Waals surface area contributed by atoms with Crippen molar-refractivity contribution in [2.24, 2.45) is 4.99 Å². The summed E-state index contributed by atoms with van der Waals surface area (Å²) in [4.78, 5) is 33.2. The Morgan fingerprint density at radius 2 is 1.76 bits per heavy atom. The summed E-state index contributed by atoms with van der Waals surface area (Å²) in [5.74, 6) is 0.615. The molecule has 46 heavy (non-hydrogen) atoms. The Morgan fingerprint density at radius 1 is 1.02 bits per heavy atom. The summed E-state index contributed by atoms with van der Waals surface area (Å²) < 4.78 is 20.2. The van der Waals surface area contributed by atoms with Crippen molar-refractivity contribution in [3.8, 4) is 11.5 Å². The normalized spacial score (nSPS) is 14.4. The SMILES string of the molecule is CCOC(=O)C1=C(c2ccccc2)N=c2s/c(=C\c3cc(I)c(OCc4cccc(Cl)c4)c(OC)c3)c(=O)n2[C@H]1c1ccccc1. The lowest BCUT2D eigenvalue weighted by Gasteiger charge is -2.25. The predicted octanol–water partition coefficient (Wildman–Crippen LogP) is 6.78. The molecule has 10 heteroatoms. The van der Waals surface area contributed by atoms with Gasteiger partial charge in [-0.25, -0.2) is 9.79 Å². The van der Waals surface area contributed by atoms with Crippen LogP contribution in [0.3, 0.4) is 0 Å². The Bertz CT molecular complexity index is 2130. The van der Waals surface area contributed by atoms with Crippen molar-refractivity contribution in [1.82, 2.24) is 4.57 Å². The topological polar surface area (TPSA) is 79.1 Å². The minimum absolute atomic E-state index is 0.190. The number of ether oxygens (including phenoxy) is 3. The first-order chi connectivity index (χ1) is 22.4. The molecule has 7 nitrogen and oxygen atoms in total. The molecule has 0 fully saturated rings. The summed E-state index contributed by atoms with van der Waals surface area (Å²) in [6.45, 7) is 2.27. The Morgan fingerprint density at radius 3 is 2.46 bits per heavy atom. The van der Waals surface area contributed by atoms with Crippen LogP contribution in [-0.2, 0) is 16.1 Å². The van der Waals surface area contributed by atoms with Crippen LogP contribution in [0.2, 0.25) is 5.02 Å². The van der Waals surface area contributed by atoms with Gasteiger partial charge in [-0.3, -0.25) is 9.36 Å². The fourth-order valence-electron chi connectivity index (χ4n) is 5.29. The van der Waals surface area contributed by atoms with Crippen molar-refractivity contribution in [1.29, 1.82) is 0 Å². The van der Waals surface area contributed by atoms with Gasteiger partial charge < -0.3 is 14.2 Å². The fourth-order valence-corrected chi connectivity index (χ4v) is 7.28. The smallest absolute Gasteiger partial charge is 0.338 e. The first-order valence-corrected chi connectivity index (χ1v) is 16.7. The highest BCUT2D eigenvalue weighted by atomic mass is 127. The van der Waals surface area contributed by atoms with E-state index in [0.717, 1.165) is 25.8 Å². The van der Waals surface area contributed by atoms with Crippen LogP contribution in [0.15, 0.2) is 112 Å². The number of esters is 1. The maximum atomic E-state index is 14.2. The number of carbonyl (C=O) groups is 1. The minimum Gasteiger partial charge on any atom is -0.493 e. The molecule has 1 aliphatic rings. The van der Waals surface area contributed by atoms with Crippen molar-refractivity contribution < 1.29 is 19.0 Å². The summed E-state index contributed by atoms with van der Waals surface area (Å²) in [5.41, 5.74) is 3.76. The molecule has 5 aromatic rings. The number of halogens is 2. The van der Waals surface area contributed by atoms with Gasteiger partial charge >= 0.3 is 5.97 Å². The predicted molar refractivity (Wildman–Crippen MR) is 189 cm³/mol. The van der Waals surface area contributed by atoms with Crippen LogP contribution in [-0.4, -0.2) is 24.3 Å². The molecule has 0 radical (unpaired) electrons. The van der Waals surface area contributed by atoms with Crippen molar-refractivity contribution >= 4 is 63.3 Å². The summed E-state index contributed by atoms with van der Waals surface area (Å²) in [6.07, 6.45) is 1.81. The van der Waals surface area contributed by atoms with Crippen molar-refractivity contribution in [3.05, 3.63) is 153 Å². The number of nitrogens with zero attached hydrogens (tertiary/aromatic N) is 2. The van der Waals surface area contributed by atoms with Gasteiger partial charge in [0.25, 0.3) is 5.56 Å². The highest BCUT2D eigenvalue weighted by Crippen LogP contribution is 2.36. The van der Waals surface area contributed by atoms with Crippen LogP contribution in [0, 0.1) is 3.57 Å². The molecule has 0 bridgehead atoms. The summed E-state index contributed by atoms with van der Waals surface area (Å²) in [6, 6.07) is 29.5. The van der Waals surface area contributed by atoms with Crippen LogP contribution in [0.1, 0.15) is 35.2 Å². The van der Waals surface area contributed by atoms with Gasteiger partial charge in [0.05, 0.1) is 39.1 Å². The lowest BCUT2D eigenvalue weighted by molar-refractivity contribution is -0.138. The molecule has 0 spiro atoms. The summed E-state index contributed by atoms with van der Waals surface area (Å²) in [5, 5.41) is 0.638. The van der Waals surface area contributed by atoms with E-state index in [1.807, 2.05) is 103 Å². The highest BCUT2D eigenvalue weighted by molar-refractivity contribution is 14.1. The maximum absolute atomic E-state index is 14.2. The number of benzene rings is 4. The van der Waals surface area contributed by atoms with E-state index in [-0.39, 0.29) is 12.2 Å². The molecule has 6 rings (SSSR count). The van der Waals surface area contributed by atoms with Crippen LogP contribution in [0.4, 0.5) is 0 Å². The molecule has 0 saturated carbocycles. The van der Waals surface area contributed by atoms with E-state index in [1.165, 1.54) is 11.3 Å². The molecule has 1 atom stereocenters. The fraction of sp³-hybridized carbons (Fsp3) is 0.139. The van der Waals surface area contributed by atoms with Gasteiger partial charge in [0.2, 0.25) is 0 Å². The first kappa shape index (κ1) is 31.8. The number of thiazole rings is 1. The van der Waals surface area contributed by atoms with E-state index in [4.69, 9.17) is 30.8 Å². The number of fused-ring (bicyclic) bond motifs is 1. The number of methoxy groups -OCH3 is 1. The molecule has 2 heterocycles. The van der Waals surface area contributed by atoms with Gasteiger partial charge in [0, 0.05) is 10.6 Å². The zero-order valence-corrected chi connectivity index (χ0v) is 28.6. The third-order valence-corrected chi connectivity index (χ3v) is 9.33. The van der Waals surface area contributed by atoms with Gasteiger partial charge in [0.15, 0.2) is 16.3 Å². The number of hydrogen-bond donors (Lipinski definition) is 0. The van der Waals surface area contributed by atoms with E-state index in [9.17, 15) is 9.59 Å². The lowest BCUT2D eigenvalue weighted by Crippen LogP contribution is -2.40. The van der Waals surface area contributed by atoms with Crippen LogP contribution in [0.25, 0.3) is 11.8 Å². The van der Waals surface area contributed by atoms with E-state index in [1.54, 1.807) is 18.6 Å². The average Bonchev–Trinajstić information content (AvgIpc) is 3.38. The molecule has 4 aromatic carbocycles. The standard InChI is InChI=1S/C36H28ClIN2O5S/c1-3-44-35(42)30-31(24-12-6-4-7-13-24)39-36-40(32(30)25-14-8-5-9-15-25)34(41)29(46-36)20-23-18-27(38)33(28(19-23)43-2)45-21-22-11-10-16-26(37)17-22/h4-20,32H,3,21H2,1-2H3/b29-20-/t32-/m0/s1. The van der Waals surface area contributed by atoms with Crippen LogP contribution < -0.4 is 24.4 Å². The average molecular weight is 763 g/mol. The monoisotopic (exact) mass is 762 g/mol. The summed E-state index contributed by atoms with van der Waals surface area (Å²) >= 11 is 9.61. The first-order valence-electron chi connectivity index (χ1n) is 14.5.